The number of carboxylic acid groups (broad SMARTS) is 1. The molecule has 0 spiro atoms. The molecule has 3 amide bonds. The number of nitrogens with two attached hydrogens (primary N) is 1. The number of nitrogens with one attached hydrogen (secondary N) is 1. The Morgan fingerprint density at radius 3 is 2.62 bits per heavy atom. The molecular formula is C16H20N6O10S2. The molecule has 2 aliphatic heterocycles. The maximum absolute atomic E-state index is 13.0. The third kappa shape index (κ3) is 5.02. The van der Waals surface area contributed by atoms with Gasteiger partial charge in [0.1, 0.15) is 18.3 Å². The van der Waals surface area contributed by atoms with Gasteiger partial charge in [0, 0.05) is 11.9 Å². The normalized spacial score (nSPS) is 21.2. The third-order valence-electron chi connectivity index (χ3n) is 4.82. The molecule has 34 heavy (non-hydrogen) atoms. The second-order valence-electron chi connectivity index (χ2n) is 7.61. The SMILES string of the molecule is CC(C)(O/N=C(\C(=O)NC1C(=O)N(S(=O)(=O)O)C1CN1CCOC1=O)c1csc(N)n1)C(=O)O. The number of anilines is 1. The van der Waals surface area contributed by atoms with Crippen LogP contribution in [0.3, 0.4) is 0 Å². The van der Waals surface area contributed by atoms with Gasteiger partial charge in [0.15, 0.2) is 10.8 Å². The Morgan fingerprint density at radius 1 is 1.44 bits per heavy atom. The van der Waals surface area contributed by atoms with Crippen molar-refractivity contribution in [2.75, 3.05) is 25.4 Å². The smallest absolute Gasteiger partial charge is 0.410 e. The molecule has 0 bridgehead atoms. The largest absolute Gasteiger partial charge is 0.478 e. The fourth-order valence-electron chi connectivity index (χ4n) is 2.97. The van der Waals surface area contributed by atoms with Crippen molar-refractivity contribution in [1.82, 2.24) is 19.5 Å². The maximum Gasteiger partial charge on any atom is 0.410 e. The van der Waals surface area contributed by atoms with Crippen LogP contribution >= 0.6 is 11.3 Å². The average molecular weight is 521 g/mol. The highest BCUT2D eigenvalue weighted by atomic mass is 32.2. The summed E-state index contributed by atoms with van der Waals surface area (Å²) in [7, 11) is -4.99. The number of aliphatic carboxylic acids is 1. The van der Waals surface area contributed by atoms with Gasteiger partial charge >= 0.3 is 22.4 Å². The molecule has 0 radical (unpaired) electrons. The number of hydrogen-bond acceptors (Lipinski definition) is 12. The molecule has 2 aliphatic rings. The van der Waals surface area contributed by atoms with Gasteiger partial charge in [0.25, 0.3) is 11.8 Å². The Hall–Kier alpha value is -3.51. The van der Waals surface area contributed by atoms with E-state index in [1.807, 2.05) is 0 Å². The number of ether oxygens (including phenoxy) is 1. The molecular weight excluding hydrogens is 500 g/mol. The van der Waals surface area contributed by atoms with Gasteiger partial charge in [-0.05, 0) is 13.8 Å². The number of aromatic nitrogens is 1. The Balaban J connectivity index is 1.87. The van der Waals surface area contributed by atoms with E-state index in [-0.39, 0.29) is 34.8 Å². The van der Waals surface area contributed by atoms with Gasteiger partial charge in [-0.1, -0.05) is 5.16 Å². The van der Waals surface area contributed by atoms with Crippen molar-refractivity contribution in [2.24, 2.45) is 5.16 Å². The highest BCUT2D eigenvalue weighted by Crippen LogP contribution is 2.26. The van der Waals surface area contributed by atoms with Gasteiger partial charge in [-0.25, -0.2) is 18.9 Å². The summed E-state index contributed by atoms with van der Waals surface area (Å²) in [5, 5.41) is 16.4. The summed E-state index contributed by atoms with van der Waals surface area (Å²) in [6.07, 6.45) is -0.760. The number of hydrogen-bond donors (Lipinski definition) is 4. The first-order valence-electron chi connectivity index (χ1n) is 9.46. The van der Waals surface area contributed by atoms with Crippen LogP contribution < -0.4 is 11.1 Å². The third-order valence-corrected chi connectivity index (χ3v) is 6.44. The van der Waals surface area contributed by atoms with Gasteiger partial charge < -0.3 is 30.6 Å². The Bertz CT molecular complexity index is 1160. The summed E-state index contributed by atoms with van der Waals surface area (Å²) < 4.78 is 37.6. The molecule has 0 aromatic carbocycles. The van der Waals surface area contributed by atoms with Gasteiger partial charge in [-0.15, -0.1) is 11.3 Å². The van der Waals surface area contributed by atoms with Crippen molar-refractivity contribution >= 4 is 56.4 Å². The number of cyclic esters (lactones) is 1. The van der Waals surface area contributed by atoms with Crippen LogP contribution in [0, 0.1) is 0 Å². The number of amides is 3. The number of β-lactam (4-membered cyclic amide) rings is 1. The molecule has 3 heterocycles. The van der Waals surface area contributed by atoms with Crippen molar-refractivity contribution in [3.63, 3.8) is 0 Å². The van der Waals surface area contributed by atoms with Gasteiger partial charge in [0.05, 0.1) is 12.6 Å². The molecule has 0 aliphatic carbocycles. The van der Waals surface area contributed by atoms with E-state index in [2.05, 4.69) is 15.5 Å². The number of oxime groups is 1. The molecule has 16 nitrogen and oxygen atoms in total. The lowest BCUT2D eigenvalue weighted by molar-refractivity contribution is -0.161. The quantitative estimate of drug-likeness (QED) is 0.123. The number of carbonyl (C=O) groups excluding carboxylic acids is 3. The number of thiazole rings is 1. The Morgan fingerprint density at radius 2 is 2.12 bits per heavy atom. The molecule has 2 fully saturated rings. The van der Waals surface area contributed by atoms with E-state index in [0.29, 0.717) is 0 Å². The summed E-state index contributed by atoms with van der Waals surface area (Å²) in [5.41, 5.74) is 3.11. The zero-order valence-electron chi connectivity index (χ0n) is 17.7. The first kappa shape index (κ1) is 25.1. The van der Waals surface area contributed by atoms with Crippen LogP contribution in [0.5, 0.6) is 0 Å². The summed E-state index contributed by atoms with van der Waals surface area (Å²) in [4.78, 5) is 58.4. The van der Waals surface area contributed by atoms with Crippen molar-refractivity contribution in [3.8, 4) is 0 Å². The molecule has 186 valence electrons. The van der Waals surface area contributed by atoms with Gasteiger partial charge in [-0.2, -0.15) is 8.42 Å². The van der Waals surface area contributed by atoms with E-state index >= 15 is 0 Å². The standard InChI is InChI=1S/C16H20N6O10S2/c1-16(2,13(25)26)32-20-9(7-6-33-14(17)18-7)11(23)19-10-8(5-21-3-4-31-15(21)27)22(12(10)24)34(28,29)30/h6,8,10H,3-5H2,1-2H3,(H2,17,18)(H,19,23)(H,25,26)(H,28,29,30)/b20-9-. The molecule has 1 aromatic rings. The lowest BCUT2D eigenvalue weighted by Gasteiger charge is -2.45. The summed E-state index contributed by atoms with van der Waals surface area (Å²) in [6.45, 7) is 2.13. The number of rotatable bonds is 9. The van der Waals surface area contributed by atoms with Crippen molar-refractivity contribution in [2.45, 2.75) is 31.5 Å². The van der Waals surface area contributed by atoms with E-state index < -0.39 is 57.6 Å². The fourth-order valence-corrected chi connectivity index (χ4v) is 4.39. The minimum atomic E-state index is -4.99. The van der Waals surface area contributed by atoms with Crippen LogP contribution in [0.1, 0.15) is 19.5 Å². The Kier molecular flexibility index (Phi) is 6.67. The van der Waals surface area contributed by atoms with Crippen LogP contribution in [0.2, 0.25) is 0 Å². The van der Waals surface area contributed by atoms with Gasteiger partial charge in [-0.3, -0.25) is 14.1 Å². The molecule has 0 saturated carbocycles. The molecule has 18 heteroatoms. The van der Waals surface area contributed by atoms with Crippen molar-refractivity contribution < 1.29 is 46.8 Å². The second kappa shape index (κ2) is 9.03. The van der Waals surface area contributed by atoms with E-state index in [1.54, 1.807) is 0 Å². The van der Waals surface area contributed by atoms with Gasteiger partial charge in [0.2, 0.25) is 5.60 Å². The first-order chi connectivity index (χ1) is 15.7. The minimum absolute atomic E-state index is 0.0428. The summed E-state index contributed by atoms with van der Waals surface area (Å²) in [6, 6.07) is -2.84. The number of carbonyl (C=O) groups is 4. The molecule has 5 N–H and O–H groups in total. The van der Waals surface area contributed by atoms with Crippen molar-refractivity contribution in [3.05, 3.63) is 11.1 Å². The predicted octanol–water partition coefficient (Wildman–Crippen LogP) is -1.74. The highest BCUT2D eigenvalue weighted by molar-refractivity contribution is 7.84. The number of carboxylic acids is 1. The fraction of sp³-hybridized carbons (Fsp3) is 0.500. The maximum atomic E-state index is 13.0. The second-order valence-corrected chi connectivity index (χ2v) is 9.79. The summed E-state index contributed by atoms with van der Waals surface area (Å²) >= 11 is 0.943. The monoisotopic (exact) mass is 520 g/mol. The number of nitrogens with zero attached hydrogens (tertiary/aromatic N) is 4. The minimum Gasteiger partial charge on any atom is -0.478 e. The Labute approximate surface area is 196 Å². The first-order valence-corrected chi connectivity index (χ1v) is 11.7. The molecule has 2 unspecified atom stereocenters. The van der Waals surface area contributed by atoms with Crippen LogP contribution in [-0.2, 0) is 34.3 Å². The molecule has 1 aromatic heterocycles. The van der Waals surface area contributed by atoms with Crippen molar-refractivity contribution in [1.29, 1.82) is 0 Å². The highest BCUT2D eigenvalue weighted by Gasteiger charge is 2.55. The van der Waals surface area contributed by atoms with E-state index in [4.69, 9.17) is 15.3 Å². The lowest BCUT2D eigenvalue weighted by atomic mass is 9.97. The van der Waals surface area contributed by atoms with Crippen LogP contribution in [0.4, 0.5) is 9.93 Å². The lowest BCUT2D eigenvalue weighted by Crippen LogP contribution is -2.74. The van der Waals surface area contributed by atoms with Crippen LogP contribution in [0.15, 0.2) is 10.5 Å². The predicted molar refractivity (Wildman–Crippen MR) is 113 cm³/mol. The number of nitrogen functional groups attached to an aromatic ring is 1. The molecule has 2 saturated heterocycles. The van der Waals surface area contributed by atoms with E-state index in [0.717, 1.165) is 16.2 Å². The van der Waals surface area contributed by atoms with Crippen LogP contribution in [-0.4, -0.2) is 99.2 Å². The average Bonchev–Trinajstić information content (AvgIpc) is 3.32. The van der Waals surface area contributed by atoms with E-state index in [9.17, 15) is 37.3 Å². The topological polar surface area (TPSA) is 231 Å². The zero-order chi connectivity index (χ0) is 25.4. The molecule has 2 atom stereocenters. The van der Waals surface area contributed by atoms with Crippen LogP contribution in [0.25, 0.3) is 0 Å². The van der Waals surface area contributed by atoms with E-state index in [1.165, 1.54) is 19.2 Å². The zero-order valence-corrected chi connectivity index (χ0v) is 19.3. The molecule has 3 rings (SSSR count). The summed E-state index contributed by atoms with van der Waals surface area (Å²) in [5.74, 6) is -3.63.